The first kappa shape index (κ1) is 20.2. The Labute approximate surface area is 163 Å². The van der Waals surface area contributed by atoms with Crippen LogP contribution in [-0.2, 0) is 6.18 Å². The van der Waals surface area contributed by atoms with E-state index >= 15 is 0 Å². The number of hydrogen-bond acceptors (Lipinski definition) is 2. The summed E-state index contributed by atoms with van der Waals surface area (Å²) >= 11 is 0. The van der Waals surface area contributed by atoms with E-state index in [1.807, 2.05) is 31.2 Å². The van der Waals surface area contributed by atoms with Crippen molar-refractivity contribution in [2.45, 2.75) is 33.4 Å². The number of fused-ring (bicyclic) bond motifs is 1. The first-order valence-corrected chi connectivity index (χ1v) is 9.44. The lowest BCUT2D eigenvalue weighted by atomic mass is 9.98. The largest absolute Gasteiger partial charge is 0.493 e. The van der Waals surface area contributed by atoms with Gasteiger partial charge in [0.25, 0.3) is 0 Å². The third kappa shape index (κ3) is 4.64. The van der Waals surface area contributed by atoms with Gasteiger partial charge in [0, 0.05) is 11.6 Å². The monoisotopic (exact) mass is 387 g/mol. The van der Waals surface area contributed by atoms with Crippen molar-refractivity contribution in [1.29, 1.82) is 0 Å². The molecule has 5 heteroatoms. The van der Waals surface area contributed by atoms with Gasteiger partial charge < -0.3 is 4.74 Å². The van der Waals surface area contributed by atoms with Crippen LogP contribution in [0.5, 0.6) is 5.75 Å². The summed E-state index contributed by atoms with van der Waals surface area (Å²) in [5.41, 5.74) is 1.21. The summed E-state index contributed by atoms with van der Waals surface area (Å²) in [5, 5.41) is 0.817. The van der Waals surface area contributed by atoms with Crippen LogP contribution in [0.15, 0.2) is 54.7 Å². The molecule has 2 aromatic carbocycles. The standard InChI is InChI=1S/C23H24F3NO/c1-15(2)12-16(3)14-28-22-9-8-17(13-20(22)23(24,25)26)18-10-11-27-21-7-5-4-6-19(18)21/h4-11,13,15-16H,12,14H2,1-3H3/t16-/m0/s1. The summed E-state index contributed by atoms with van der Waals surface area (Å²) < 4.78 is 46.7. The second-order valence-corrected chi connectivity index (χ2v) is 7.63. The van der Waals surface area contributed by atoms with E-state index < -0.39 is 11.7 Å². The second-order valence-electron chi connectivity index (χ2n) is 7.63. The molecule has 0 spiro atoms. The van der Waals surface area contributed by atoms with Crippen molar-refractivity contribution < 1.29 is 17.9 Å². The number of para-hydroxylation sites is 1. The molecule has 0 aliphatic rings. The van der Waals surface area contributed by atoms with Crippen LogP contribution >= 0.6 is 0 Å². The molecule has 2 nitrogen and oxygen atoms in total. The lowest BCUT2D eigenvalue weighted by molar-refractivity contribution is -0.139. The van der Waals surface area contributed by atoms with Crippen molar-refractivity contribution in [2.24, 2.45) is 11.8 Å². The predicted molar refractivity (Wildman–Crippen MR) is 106 cm³/mol. The normalized spacial score (nSPS) is 13.1. The Morgan fingerprint density at radius 2 is 1.75 bits per heavy atom. The highest BCUT2D eigenvalue weighted by Gasteiger charge is 2.35. The van der Waals surface area contributed by atoms with Crippen molar-refractivity contribution in [3.05, 3.63) is 60.3 Å². The van der Waals surface area contributed by atoms with Gasteiger partial charge >= 0.3 is 6.18 Å². The maximum Gasteiger partial charge on any atom is 0.419 e. The van der Waals surface area contributed by atoms with Gasteiger partial charge in [0.2, 0.25) is 0 Å². The van der Waals surface area contributed by atoms with E-state index in [4.69, 9.17) is 4.74 Å². The molecule has 0 aliphatic heterocycles. The molecular weight excluding hydrogens is 363 g/mol. The Kier molecular flexibility index (Phi) is 5.92. The van der Waals surface area contributed by atoms with Gasteiger partial charge in [-0.15, -0.1) is 0 Å². The smallest absolute Gasteiger partial charge is 0.419 e. The second kappa shape index (κ2) is 8.21. The van der Waals surface area contributed by atoms with Crippen LogP contribution in [0, 0.1) is 11.8 Å². The van der Waals surface area contributed by atoms with Crippen molar-refractivity contribution in [3.8, 4) is 16.9 Å². The average Bonchev–Trinajstić information content (AvgIpc) is 2.64. The van der Waals surface area contributed by atoms with Crippen LogP contribution in [0.25, 0.3) is 22.0 Å². The molecule has 0 bridgehead atoms. The van der Waals surface area contributed by atoms with Gasteiger partial charge in [-0.05, 0) is 53.6 Å². The zero-order valence-electron chi connectivity index (χ0n) is 16.3. The zero-order chi connectivity index (χ0) is 20.3. The van der Waals surface area contributed by atoms with Crippen LogP contribution in [0.4, 0.5) is 13.2 Å². The summed E-state index contributed by atoms with van der Waals surface area (Å²) in [6, 6.07) is 13.4. The molecular formula is C23H24F3NO. The number of pyridine rings is 1. The number of alkyl halides is 3. The Hall–Kier alpha value is -2.56. The molecule has 3 rings (SSSR count). The number of benzene rings is 2. The highest BCUT2D eigenvalue weighted by molar-refractivity contribution is 5.94. The minimum absolute atomic E-state index is 0.120. The summed E-state index contributed by atoms with van der Waals surface area (Å²) in [6.45, 7) is 6.43. The molecule has 0 N–H and O–H groups in total. The lowest BCUT2D eigenvalue weighted by Crippen LogP contribution is -2.14. The van der Waals surface area contributed by atoms with Crippen LogP contribution < -0.4 is 4.74 Å². The zero-order valence-corrected chi connectivity index (χ0v) is 16.3. The number of ether oxygens (including phenoxy) is 1. The van der Waals surface area contributed by atoms with Gasteiger partial charge in [0.1, 0.15) is 5.75 Å². The van der Waals surface area contributed by atoms with E-state index in [-0.39, 0.29) is 18.3 Å². The number of aromatic nitrogens is 1. The highest BCUT2D eigenvalue weighted by atomic mass is 19.4. The quantitative estimate of drug-likeness (QED) is 0.455. The lowest BCUT2D eigenvalue weighted by Gasteiger charge is -2.19. The summed E-state index contributed by atoms with van der Waals surface area (Å²) in [4.78, 5) is 4.28. The molecule has 0 fully saturated rings. The molecule has 0 aliphatic carbocycles. The molecule has 0 unspecified atom stereocenters. The van der Waals surface area contributed by atoms with Gasteiger partial charge in [-0.1, -0.05) is 45.0 Å². The number of hydrogen-bond donors (Lipinski definition) is 0. The van der Waals surface area contributed by atoms with Crippen LogP contribution in [0.3, 0.4) is 0 Å². The van der Waals surface area contributed by atoms with E-state index in [9.17, 15) is 13.2 Å². The van der Waals surface area contributed by atoms with Crippen LogP contribution in [0.1, 0.15) is 32.8 Å². The maximum atomic E-state index is 13.7. The van der Waals surface area contributed by atoms with Crippen LogP contribution in [0.2, 0.25) is 0 Å². The maximum absolute atomic E-state index is 13.7. The number of nitrogens with zero attached hydrogens (tertiary/aromatic N) is 1. The number of rotatable bonds is 6. The molecule has 0 amide bonds. The minimum Gasteiger partial charge on any atom is -0.493 e. The van der Waals surface area contributed by atoms with Crippen molar-refractivity contribution >= 4 is 10.9 Å². The summed E-state index contributed by atoms with van der Waals surface area (Å²) in [6.07, 6.45) is -1.97. The van der Waals surface area contributed by atoms with E-state index in [0.29, 0.717) is 11.5 Å². The predicted octanol–water partition coefficient (Wildman–Crippen LogP) is 6.98. The SMILES string of the molecule is CC(C)C[C@H](C)COc1ccc(-c2ccnc3ccccc23)cc1C(F)(F)F. The van der Waals surface area contributed by atoms with Crippen molar-refractivity contribution in [2.75, 3.05) is 6.61 Å². The van der Waals surface area contributed by atoms with Crippen molar-refractivity contribution in [3.63, 3.8) is 0 Å². The van der Waals surface area contributed by atoms with E-state index in [0.717, 1.165) is 22.9 Å². The number of halogens is 3. The van der Waals surface area contributed by atoms with Gasteiger partial charge in [-0.3, -0.25) is 4.98 Å². The molecule has 28 heavy (non-hydrogen) atoms. The fourth-order valence-corrected chi connectivity index (χ4v) is 3.50. The van der Waals surface area contributed by atoms with E-state index in [2.05, 4.69) is 18.8 Å². The fraction of sp³-hybridized carbons (Fsp3) is 0.348. The molecule has 1 atom stereocenters. The van der Waals surface area contributed by atoms with Gasteiger partial charge in [0.05, 0.1) is 17.7 Å². The first-order chi connectivity index (χ1) is 13.3. The molecule has 1 heterocycles. The summed E-state index contributed by atoms with van der Waals surface area (Å²) in [5.74, 6) is 0.540. The Bertz CT molecular complexity index is 945. The highest BCUT2D eigenvalue weighted by Crippen LogP contribution is 2.40. The Balaban J connectivity index is 1.97. The Morgan fingerprint density at radius 1 is 1.00 bits per heavy atom. The molecule has 1 aromatic heterocycles. The van der Waals surface area contributed by atoms with E-state index in [1.54, 1.807) is 18.3 Å². The first-order valence-electron chi connectivity index (χ1n) is 9.44. The Morgan fingerprint density at radius 3 is 2.46 bits per heavy atom. The van der Waals surface area contributed by atoms with Crippen LogP contribution in [-0.4, -0.2) is 11.6 Å². The topological polar surface area (TPSA) is 22.1 Å². The van der Waals surface area contributed by atoms with Gasteiger partial charge in [0.15, 0.2) is 0 Å². The molecule has 0 saturated heterocycles. The third-order valence-corrected chi connectivity index (χ3v) is 4.64. The van der Waals surface area contributed by atoms with Gasteiger partial charge in [-0.25, -0.2) is 0 Å². The minimum atomic E-state index is -4.49. The third-order valence-electron chi connectivity index (χ3n) is 4.64. The molecule has 0 radical (unpaired) electrons. The molecule has 148 valence electrons. The van der Waals surface area contributed by atoms with Gasteiger partial charge in [-0.2, -0.15) is 13.2 Å². The molecule has 0 saturated carbocycles. The average molecular weight is 387 g/mol. The molecule has 3 aromatic rings. The summed E-state index contributed by atoms with van der Waals surface area (Å²) in [7, 11) is 0. The van der Waals surface area contributed by atoms with Crippen molar-refractivity contribution in [1.82, 2.24) is 4.98 Å². The van der Waals surface area contributed by atoms with E-state index in [1.165, 1.54) is 12.1 Å². The fourth-order valence-electron chi connectivity index (χ4n) is 3.50.